The molecular weight excluding hydrogens is 222 g/mol. The molecule has 0 aliphatic heterocycles. The number of aryl methyl sites for hydroxylation is 2. The van der Waals surface area contributed by atoms with Crippen LogP contribution < -0.4 is 0 Å². The lowest BCUT2D eigenvalue weighted by Gasteiger charge is -2.11. The van der Waals surface area contributed by atoms with Crippen molar-refractivity contribution in [1.29, 1.82) is 0 Å². The van der Waals surface area contributed by atoms with Crippen molar-refractivity contribution in [3.63, 3.8) is 0 Å². The highest BCUT2D eigenvalue weighted by molar-refractivity contribution is 6.10. The van der Waals surface area contributed by atoms with Crippen molar-refractivity contribution >= 4 is 5.78 Å². The number of carbonyl (C=O) groups excluding carboxylic acids is 1. The number of allylic oxidation sites excluding steroid dienone is 1. The molecule has 2 rings (SSSR count). The average Bonchev–Trinajstić information content (AvgIpc) is 2.41. The maximum atomic E-state index is 12.6. The highest BCUT2D eigenvalue weighted by atomic mass is 16.1. The van der Waals surface area contributed by atoms with Gasteiger partial charge in [0.1, 0.15) is 0 Å². The SMILES string of the molecule is Cc1cc(C)c2c(c1)C(=O)/C(=C/N(C)C)CCC2. The van der Waals surface area contributed by atoms with E-state index in [2.05, 4.69) is 19.9 Å². The van der Waals surface area contributed by atoms with Gasteiger partial charge >= 0.3 is 0 Å². The first-order chi connectivity index (χ1) is 8.49. The van der Waals surface area contributed by atoms with Gasteiger partial charge in [0.2, 0.25) is 0 Å². The van der Waals surface area contributed by atoms with Gasteiger partial charge in [0.05, 0.1) is 0 Å². The van der Waals surface area contributed by atoms with Crippen LogP contribution in [0.15, 0.2) is 23.9 Å². The van der Waals surface area contributed by atoms with Crippen molar-refractivity contribution in [1.82, 2.24) is 4.90 Å². The second kappa shape index (κ2) is 4.97. The van der Waals surface area contributed by atoms with Crippen molar-refractivity contribution in [2.24, 2.45) is 0 Å². The summed E-state index contributed by atoms with van der Waals surface area (Å²) in [7, 11) is 3.93. The molecule has 96 valence electrons. The number of benzene rings is 1. The largest absolute Gasteiger partial charge is 0.383 e. The molecule has 2 nitrogen and oxygen atoms in total. The van der Waals surface area contributed by atoms with Gasteiger partial charge in [-0.2, -0.15) is 0 Å². The molecule has 0 saturated carbocycles. The number of Topliss-reactive ketones (excluding diaryl/α,β-unsaturated/α-hetero) is 1. The van der Waals surface area contributed by atoms with E-state index in [1.54, 1.807) is 0 Å². The molecule has 0 atom stereocenters. The molecule has 0 bridgehead atoms. The van der Waals surface area contributed by atoms with E-state index >= 15 is 0 Å². The first-order valence-corrected chi connectivity index (χ1v) is 6.51. The van der Waals surface area contributed by atoms with Crippen LogP contribution in [0.4, 0.5) is 0 Å². The van der Waals surface area contributed by atoms with Crippen LogP contribution in [0.25, 0.3) is 0 Å². The fourth-order valence-corrected chi connectivity index (χ4v) is 2.71. The third-order valence-electron chi connectivity index (χ3n) is 3.44. The summed E-state index contributed by atoms with van der Waals surface area (Å²) < 4.78 is 0. The minimum Gasteiger partial charge on any atom is -0.383 e. The molecule has 0 unspecified atom stereocenters. The molecule has 0 amide bonds. The zero-order valence-corrected chi connectivity index (χ0v) is 11.7. The molecule has 0 spiro atoms. The van der Waals surface area contributed by atoms with Gasteiger partial charge in [-0.1, -0.05) is 11.6 Å². The fourth-order valence-electron chi connectivity index (χ4n) is 2.71. The van der Waals surface area contributed by atoms with Gasteiger partial charge in [-0.15, -0.1) is 0 Å². The second-order valence-electron chi connectivity index (χ2n) is 5.41. The van der Waals surface area contributed by atoms with E-state index in [0.29, 0.717) is 0 Å². The Kier molecular flexibility index (Phi) is 3.55. The summed E-state index contributed by atoms with van der Waals surface area (Å²) in [6.07, 6.45) is 4.92. The zero-order valence-electron chi connectivity index (χ0n) is 11.7. The van der Waals surface area contributed by atoms with Crippen LogP contribution in [0, 0.1) is 13.8 Å². The van der Waals surface area contributed by atoms with Gasteiger partial charge in [-0.25, -0.2) is 0 Å². The maximum Gasteiger partial charge on any atom is 0.190 e. The van der Waals surface area contributed by atoms with Gasteiger partial charge in [0, 0.05) is 31.4 Å². The lowest BCUT2D eigenvalue weighted by molar-refractivity contribution is 0.103. The summed E-state index contributed by atoms with van der Waals surface area (Å²) in [5, 5.41) is 0. The van der Waals surface area contributed by atoms with Crippen molar-refractivity contribution in [2.45, 2.75) is 33.1 Å². The third-order valence-corrected chi connectivity index (χ3v) is 3.44. The summed E-state index contributed by atoms with van der Waals surface area (Å²) >= 11 is 0. The Hall–Kier alpha value is -1.57. The van der Waals surface area contributed by atoms with Crippen molar-refractivity contribution in [3.05, 3.63) is 46.2 Å². The Morgan fingerprint density at radius 2 is 1.89 bits per heavy atom. The van der Waals surface area contributed by atoms with Gasteiger partial charge in [0.25, 0.3) is 0 Å². The Morgan fingerprint density at radius 1 is 1.17 bits per heavy atom. The predicted molar refractivity (Wildman–Crippen MR) is 75.0 cm³/mol. The summed E-state index contributed by atoms with van der Waals surface area (Å²) in [6.45, 7) is 4.17. The molecule has 1 aromatic carbocycles. The highest BCUT2D eigenvalue weighted by Crippen LogP contribution is 2.27. The highest BCUT2D eigenvalue weighted by Gasteiger charge is 2.21. The lowest BCUT2D eigenvalue weighted by atomic mass is 9.94. The Balaban J connectivity index is 2.53. The van der Waals surface area contributed by atoms with E-state index in [9.17, 15) is 4.79 Å². The van der Waals surface area contributed by atoms with E-state index < -0.39 is 0 Å². The summed E-state index contributed by atoms with van der Waals surface area (Å²) in [5.74, 6) is 0.211. The number of carbonyl (C=O) groups is 1. The topological polar surface area (TPSA) is 20.3 Å². The van der Waals surface area contributed by atoms with Gasteiger partial charge in [-0.05, 0) is 50.3 Å². The predicted octanol–water partition coefficient (Wildman–Crippen LogP) is 3.27. The van der Waals surface area contributed by atoms with Crippen molar-refractivity contribution in [3.8, 4) is 0 Å². The van der Waals surface area contributed by atoms with Crippen LogP contribution >= 0.6 is 0 Å². The summed E-state index contributed by atoms with van der Waals surface area (Å²) in [6, 6.07) is 4.21. The molecular formula is C16H21NO. The monoisotopic (exact) mass is 243 g/mol. The molecule has 0 heterocycles. The van der Waals surface area contributed by atoms with Crippen molar-refractivity contribution in [2.75, 3.05) is 14.1 Å². The Morgan fingerprint density at radius 3 is 2.56 bits per heavy atom. The fraction of sp³-hybridized carbons (Fsp3) is 0.438. The number of rotatable bonds is 1. The molecule has 0 saturated heterocycles. The zero-order chi connectivity index (χ0) is 13.3. The number of hydrogen-bond acceptors (Lipinski definition) is 2. The Bertz CT molecular complexity index is 512. The molecule has 0 aromatic heterocycles. The van der Waals surface area contributed by atoms with Crippen LogP contribution in [0.1, 0.15) is 39.9 Å². The van der Waals surface area contributed by atoms with E-state index in [1.807, 2.05) is 31.3 Å². The molecule has 1 aliphatic carbocycles. The normalized spacial score (nSPS) is 17.6. The van der Waals surface area contributed by atoms with E-state index in [4.69, 9.17) is 0 Å². The van der Waals surface area contributed by atoms with Crippen LogP contribution in [-0.4, -0.2) is 24.8 Å². The molecule has 1 aromatic rings. The Labute approximate surface area is 109 Å². The molecule has 0 N–H and O–H groups in total. The minimum absolute atomic E-state index is 0.211. The summed E-state index contributed by atoms with van der Waals surface area (Å²) in [4.78, 5) is 14.5. The van der Waals surface area contributed by atoms with E-state index in [1.165, 1.54) is 16.7 Å². The second-order valence-corrected chi connectivity index (χ2v) is 5.41. The maximum absolute atomic E-state index is 12.6. The molecule has 0 fully saturated rings. The van der Waals surface area contributed by atoms with Crippen LogP contribution in [0.3, 0.4) is 0 Å². The molecule has 0 radical (unpaired) electrons. The van der Waals surface area contributed by atoms with E-state index in [0.717, 1.165) is 30.4 Å². The average molecular weight is 243 g/mol. The van der Waals surface area contributed by atoms with Gasteiger partial charge in [0.15, 0.2) is 5.78 Å². The first kappa shape index (κ1) is 12.9. The number of hydrogen-bond donors (Lipinski definition) is 0. The molecule has 1 aliphatic rings. The van der Waals surface area contributed by atoms with Crippen molar-refractivity contribution < 1.29 is 4.79 Å². The van der Waals surface area contributed by atoms with Gasteiger partial charge in [-0.3, -0.25) is 4.79 Å². The minimum atomic E-state index is 0.211. The standard InChI is InChI=1S/C16H21NO/c1-11-8-12(2)14-7-5-6-13(10-17(3)4)16(18)15(14)9-11/h8-10H,5-7H2,1-4H3/b13-10+. The van der Waals surface area contributed by atoms with Crippen LogP contribution in [-0.2, 0) is 6.42 Å². The smallest absolute Gasteiger partial charge is 0.190 e. The number of fused-ring (bicyclic) bond motifs is 1. The number of ketones is 1. The molecule has 18 heavy (non-hydrogen) atoms. The quantitative estimate of drug-likeness (QED) is 0.557. The van der Waals surface area contributed by atoms with Crippen LogP contribution in [0.2, 0.25) is 0 Å². The van der Waals surface area contributed by atoms with Gasteiger partial charge < -0.3 is 4.90 Å². The van der Waals surface area contributed by atoms with Crippen LogP contribution in [0.5, 0.6) is 0 Å². The first-order valence-electron chi connectivity index (χ1n) is 6.51. The molecule has 2 heteroatoms. The third kappa shape index (κ3) is 2.47. The number of nitrogens with zero attached hydrogens (tertiary/aromatic N) is 1. The lowest BCUT2D eigenvalue weighted by Crippen LogP contribution is -2.10. The van der Waals surface area contributed by atoms with E-state index in [-0.39, 0.29) is 5.78 Å². The summed E-state index contributed by atoms with van der Waals surface area (Å²) in [5.41, 5.74) is 5.52.